The molecule has 1 N–H and O–H groups in total. The minimum absolute atomic E-state index is 0.159. The Morgan fingerprint density at radius 3 is 2.60 bits per heavy atom. The van der Waals surface area contributed by atoms with Gasteiger partial charge in [0.05, 0.1) is 10.2 Å². The van der Waals surface area contributed by atoms with Crippen molar-refractivity contribution in [2.75, 3.05) is 5.32 Å². The molecule has 1 saturated heterocycles. The Morgan fingerprint density at radius 1 is 1.16 bits per heavy atom. The fourth-order valence-corrected chi connectivity index (χ4v) is 4.17. The summed E-state index contributed by atoms with van der Waals surface area (Å²) in [5.41, 5.74) is 0.624. The van der Waals surface area contributed by atoms with Gasteiger partial charge in [-0.1, -0.05) is 29.4 Å². The molecule has 2 heterocycles. The van der Waals surface area contributed by atoms with Gasteiger partial charge < -0.3 is 14.8 Å². The lowest BCUT2D eigenvalue weighted by molar-refractivity contribution is -0.244. The highest BCUT2D eigenvalue weighted by molar-refractivity contribution is 7.22. The Labute approximate surface area is 152 Å². The molecule has 2 aromatic rings. The Bertz CT molecular complexity index is 864. The van der Waals surface area contributed by atoms with Crippen molar-refractivity contribution < 1.29 is 19.1 Å². The molecule has 1 aliphatic carbocycles. The number of halogens is 1. The van der Waals surface area contributed by atoms with Crippen LogP contribution in [0, 0.1) is 0 Å². The van der Waals surface area contributed by atoms with Crippen LogP contribution in [0.25, 0.3) is 10.2 Å². The van der Waals surface area contributed by atoms with Crippen LogP contribution in [0.4, 0.5) is 5.13 Å². The summed E-state index contributed by atoms with van der Waals surface area (Å²) in [6.45, 7) is 0. The van der Waals surface area contributed by atoms with Crippen LogP contribution in [0.5, 0.6) is 0 Å². The summed E-state index contributed by atoms with van der Waals surface area (Å²) >= 11 is 7.33. The van der Waals surface area contributed by atoms with Crippen molar-refractivity contribution >= 4 is 50.2 Å². The van der Waals surface area contributed by atoms with E-state index in [2.05, 4.69) is 10.3 Å². The lowest BCUT2D eigenvalue weighted by atomic mass is 9.93. The van der Waals surface area contributed by atoms with E-state index in [4.69, 9.17) is 21.1 Å². The fraction of sp³-hybridized carbons (Fsp3) is 0.353. The predicted molar refractivity (Wildman–Crippen MR) is 94.3 cm³/mol. The number of fused-ring (bicyclic) bond motifs is 1. The third-order valence-corrected chi connectivity index (χ3v) is 5.49. The second-order valence-electron chi connectivity index (χ2n) is 6.08. The second kappa shape index (κ2) is 6.31. The van der Waals surface area contributed by atoms with Crippen molar-refractivity contribution in [3.05, 3.63) is 35.0 Å². The van der Waals surface area contributed by atoms with E-state index in [-0.39, 0.29) is 5.57 Å². The van der Waals surface area contributed by atoms with Crippen LogP contribution in [0.15, 0.2) is 30.0 Å². The molecule has 25 heavy (non-hydrogen) atoms. The molecule has 1 aliphatic heterocycles. The van der Waals surface area contributed by atoms with E-state index in [1.54, 1.807) is 6.07 Å². The maximum absolute atomic E-state index is 12.3. The quantitative estimate of drug-likeness (QED) is 0.483. The van der Waals surface area contributed by atoms with Gasteiger partial charge in [0, 0.05) is 24.1 Å². The standard InChI is InChI=1S/C17H15ClN2O4S/c18-10-4-5-12-13(8-10)25-16(20-12)19-9-11-14(21)23-17(24-15(11)22)6-2-1-3-7-17/h4-5,8-9H,1-3,6-7H2,(H,19,20). The van der Waals surface area contributed by atoms with Gasteiger partial charge in [0.25, 0.3) is 5.79 Å². The highest BCUT2D eigenvalue weighted by atomic mass is 35.5. The van der Waals surface area contributed by atoms with Gasteiger partial charge in [0.15, 0.2) is 10.7 Å². The zero-order valence-electron chi connectivity index (χ0n) is 13.2. The average Bonchev–Trinajstić information content (AvgIpc) is 2.96. The fourth-order valence-electron chi connectivity index (χ4n) is 3.06. The van der Waals surface area contributed by atoms with Crippen LogP contribution in [-0.4, -0.2) is 22.7 Å². The van der Waals surface area contributed by atoms with E-state index in [1.807, 2.05) is 12.1 Å². The molecule has 0 atom stereocenters. The first-order valence-electron chi connectivity index (χ1n) is 8.04. The third kappa shape index (κ3) is 3.21. The van der Waals surface area contributed by atoms with Gasteiger partial charge in [0.1, 0.15) is 0 Å². The highest BCUT2D eigenvalue weighted by Gasteiger charge is 2.46. The minimum atomic E-state index is -1.07. The third-order valence-electron chi connectivity index (χ3n) is 4.30. The normalized spacial score (nSPS) is 19.6. The molecule has 0 bridgehead atoms. The van der Waals surface area contributed by atoms with Gasteiger partial charge in [-0.05, 0) is 31.0 Å². The van der Waals surface area contributed by atoms with Crippen LogP contribution in [0.3, 0.4) is 0 Å². The summed E-state index contributed by atoms with van der Waals surface area (Å²) in [6, 6.07) is 5.37. The summed E-state index contributed by atoms with van der Waals surface area (Å²) in [5.74, 6) is -2.39. The van der Waals surface area contributed by atoms with Crippen molar-refractivity contribution in [2.24, 2.45) is 0 Å². The molecule has 2 aliphatic rings. The number of hydrogen-bond acceptors (Lipinski definition) is 7. The molecule has 130 valence electrons. The summed E-state index contributed by atoms with van der Waals surface area (Å²) in [6.07, 6.45) is 5.23. The van der Waals surface area contributed by atoms with E-state index >= 15 is 0 Å². The van der Waals surface area contributed by atoms with Crippen molar-refractivity contribution in [1.29, 1.82) is 0 Å². The molecule has 0 amide bonds. The number of hydrogen-bond donors (Lipinski definition) is 1. The SMILES string of the molecule is O=C1OC2(CCCCC2)OC(=O)C1=CNc1nc2ccc(Cl)cc2s1. The smallest absolute Gasteiger partial charge is 0.350 e. The van der Waals surface area contributed by atoms with Crippen LogP contribution in [0.2, 0.25) is 5.02 Å². The van der Waals surface area contributed by atoms with Gasteiger partial charge in [-0.15, -0.1) is 0 Å². The Balaban J connectivity index is 1.52. The number of carbonyl (C=O) groups excluding carboxylic acids is 2. The average molecular weight is 379 g/mol. The maximum Gasteiger partial charge on any atom is 0.350 e. The largest absolute Gasteiger partial charge is 0.419 e. The number of benzene rings is 1. The molecule has 2 fully saturated rings. The van der Waals surface area contributed by atoms with Gasteiger partial charge in [-0.25, -0.2) is 14.6 Å². The number of aromatic nitrogens is 1. The van der Waals surface area contributed by atoms with E-state index in [0.717, 1.165) is 29.5 Å². The van der Waals surface area contributed by atoms with E-state index in [1.165, 1.54) is 17.5 Å². The molecule has 1 saturated carbocycles. The molecule has 1 aromatic heterocycles. The molecular weight excluding hydrogens is 364 g/mol. The summed E-state index contributed by atoms with van der Waals surface area (Å²) in [4.78, 5) is 28.9. The minimum Gasteiger partial charge on any atom is -0.419 e. The van der Waals surface area contributed by atoms with Crippen molar-refractivity contribution in [2.45, 2.75) is 37.9 Å². The van der Waals surface area contributed by atoms with E-state index in [0.29, 0.717) is 23.0 Å². The maximum atomic E-state index is 12.3. The molecule has 4 rings (SSSR count). The Kier molecular flexibility index (Phi) is 4.13. The predicted octanol–water partition coefficient (Wildman–Crippen LogP) is 4.01. The van der Waals surface area contributed by atoms with Crippen molar-refractivity contribution in [1.82, 2.24) is 4.98 Å². The number of carbonyl (C=O) groups is 2. The number of rotatable bonds is 2. The van der Waals surface area contributed by atoms with Gasteiger partial charge >= 0.3 is 11.9 Å². The molecule has 1 aromatic carbocycles. The summed E-state index contributed by atoms with van der Waals surface area (Å²) < 4.78 is 11.8. The zero-order valence-corrected chi connectivity index (χ0v) is 14.8. The van der Waals surface area contributed by atoms with Crippen LogP contribution < -0.4 is 5.32 Å². The second-order valence-corrected chi connectivity index (χ2v) is 7.55. The number of nitrogens with zero attached hydrogens (tertiary/aromatic N) is 1. The van der Waals surface area contributed by atoms with Gasteiger partial charge in [-0.3, -0.25) is 0 Å². The van der Waals surface area contributed by atoms with Crippen molar-refractivity contribution in [3.8, 4) is 0 Å². The lowest BCUT2D eigenvalue weighted by Crippen LogP contribution is -2.47. The monoisotopic (exact) mass is 378 g/mol. The molecule has 0 unspecified atom stereocenters. The van der Waals surface area contributed by atoms with Crippen LogP contribution in [-0.2, 0) is 19.1 Å². The summed E-state index contributed by atoms with van der Waals surface area (Å²) in [5, 5.41) is 4.04. The van der Waals surface area contributed by atoms with Gasteiger partial charge in [0.2, 0.25) is 0 Å². The number of nitrogens with one attached hydrogen (secondary N) is 1. The Hall–Kier alpha value is -2.12. The summed E-state index contributed by atoms with van der Waals surface area (Å²) in [7, 11) is 0. The zero-order chi connectivity index (χ0) is 17.4. The van der Waals surface area contributed by atoms with Crippen LogP contribution in [0.1, 0.15) is 32.1 Å². The lowest BCUT2D eigenvalue weighted by Gasteiger charge is -2.38. The molecule has 8 heteroatoms. The number of thiazole rings is 1. The van der Waals surface area contributed by atoms with Crippen LogP contribution >= 0.6 is 22.9 Å². The molecular formula is C17H15ClN2O4S. The van der Waals surface area contributed by atoms with Gasteiger partial charge in [-0.2, -0.15) is 0 Å². The van der Waals surface area contributed by atoms with E-state index in [9.17, 15) is 9.59 Å². The number of anilines is 1. The molecule has 0 radical (unpaired) electrons. The first-order chi connectivity index (χ1) is 12.0. The van der Waals surface area contributed by atoms with E-state index < -0.39 is 17.7 Å². The molecule has 1 spiro atoms. The molecule has 6 nitrogen and oxygen atoms in total. The topological polar surface area (TPSA) is 77.5 Å². The number of ether oxygens (including phenoxy) is 2. The number of esters is 2. The van der Waals surface area contributed by atoms with Crippen molar-refractivity contribution in [3.63, 3.8) is 0 Å². The Morgan fingerprint density at radius 2 is 1.88 bits per heavy atom. The highest BCUT2D eigenvalue weighted by Crippen LogP contribution is 2.37. The first-order valence-corrected chi connectivity index (χ1v) is 9.24. The first kappa shape index (κ1) is 16.4.